The van der Waals surface area contributed by atoms with Crippen LogP contribution in [0.1, 0.15) is 23.0 Å². The Kier molecular flexibility index (Phi) is 3.38. The van der Waals surface area contributed by atoms with Gasteiger partial charge in [0.1, 0.15) is 6.33 Å². The topological polar surface area (TPSA) is 73.8 Å². The summed E-state index contributed by atoms with van der Waals surface area (Å²) in [7, 11) is 0. The maximum Gasteiger partial charge on any atom is 0.177 e. The lowest BCUT2D eigenvalue weighted by atomic mass is 10.3. The first-order valence-corrected chi connectivity index (χ1v) is 7.55. The van der Waals surface area contributed by atoms with Crippen LogP contribution in [0.25, 0.3) is 23.5 Å². The van der Waals surface area contributed by atoms with Crippen LogP contribution in [0.2, 0.25) is 0 Å². The van der Waals surface area contributed by atoms with E-state index in [4.69, 9.17) is 0 Å². The highest BCUT2D eigenvalue weighted by Crippen LogP contribution is 2.10. The third-order valence-electron chi connectivity index (χ3n) is 3.64. The molecular weight excluding hydrogens is 302 g/mol. The lowest BCUT2D eigenvalue weighted by Gasteiger charge is -1.97. The van der Waals surface area contributed by atoms with Gasteiger partial charge in [0.05, 0.1) is 17.1 Å². The van der Waals surface area contributed by atoms with Crippen molar-refractivity contribution in [1.29, 1.82) is 0 Å². The summed E-state index contributed by atoms with van der Waals surface area (Å²) in [6, 6.07) is 9.85. The van der Waals surface area contributed by atoms with Crippen LogP contribution in [-0.4, -0.2) is 34.3 Å². The highest BCUT2D eigenvalue weighted by Gasteiger charge is 2.07. The van der Waals surface area contributed by atoms with Crippen molar-refractivity contribution in [2.24, 2.45) is 0 Å². The van der Waals surface area contributed by atoms with Crippen LogP contribution in [0.5, 0.6) is 0 Å². The van der Waals surface area contributed by atoms with Crippen molar-refractivity contribution in [2.75, 3.05) is 0 Å². The van der Waals surface area contributed by atoms with Gasteiger partial charge in [0.25, 0.3) is 0 Å². The van der Waals surface area contributed by atoms with Crippen molar-refractivity contribution in [3.63, 3.8) is 0 Å². The first kappa shape index (κ1) is 14.3. The molecule has 0 amide bonds. The second-order valence-corrected chi connectivity index (χ2v) is 5.41. The molecule has 0 saturated heterocycles. The number of rotatable bonds is 3. The molecule has 4 aromatic rings. The molecule has 1 aromatic carbocycles. The maximum absolute atomic E-state index is 4.49. The Hall–Kier alpha value is -3.35. The molecule has 118 valence electrons. The molecule has 0 atom stereocenters. The summed E-state index contributed by atoms with van der Waals surface area (Å²) in [6.45, 7) is 3.87. The van der Waals surface area contributed by atoms with E-state index in [9.17, 15) is 0 Å². The summed E-state index contributed by atoms with van der Waals surface area (Å²) in [5.41, 5.74) is 3.51. The van der Waals surface area contributed by atoms with E-state index in [1.54, 1.807) is 33.9 Å². The fourth-order valence-electron chi connectivity index (χ4n) is 2.39. The van der Waals surface area contributed by atoms with Crippen LogP contribution in [0, 0.1) is 13.8 Å². The second kappa shape index (κ2) is 5.69. The van der Waals surface area contributed by atoms with E-state index in [1.807, 2.05) is 44.2 Å². The third-order valence-corrected chi connectivity index (χ3v) is 3.64. The fourth-order valence-corrected chi connectivity index (χ4v) is 2.39. The quantitative estimate of drug-likeness (QED) is 0.580. The zero-order valence-electron chi connectivity index (χ0n) is 13.3. The zero-order valence-corrected chi connectivity index (χ0v) is 13.3. The molecule has 0 fully saturated rings. The molecule has 0 radical (unpaired) electrons. The van der Waals surface area contributed by atoms with Crippen LogP contribution in [0.3, 0.4) is 0 Å². The van der Waals surface area contributed by atoms with Crippen LogP contribution in [0.4, 0.5) is 0 Å². The molecule has 0 saturated carbocycles. The summed E-state index contributed by atoms with van der Waals surface area (Å²) < 4.78 is 3.52. The largest absolute Gasteiger partial charge is 0.256 e. The molecule has 3 aromatic heterocycles. The van der Waals surface area contributed by atoms with Crippen molar-refractivity contribution < 1.29 is 0 Å². The van der Waals surface area contributed by atoms with Gasteiger partial charge in [-0.25, -0.2) is 19.2 Å². The van der Waals surface area contributed by atoms with Gasteiger partial charge in [0.2, 0.25) is 0 Å². The Morgan fingerprint density at radius 3 is 2.50 bits per heavy atom. The predicted molar refractivity (Wildman–Crippen MR) is 90.5 cm³/mol. The predicted octanol–water partition coefficient (Wildman–Crippen LogP) is 2.49. The third kappa shape index (κ3) is 2.56. The monoisotopic (exact) mass is 317 g/mol. The Labute approximate surface area is 138 Å². The molecule has 0 aliphatic carbocycles. The van der Waals surface area contributed by atoms with Crippen molar-refractivity contribution in [3.05, 3.63) is 65.9 Å². The van der Waals surface area contributed by atoms with Crippen molar-refractivity contribution >= 4 is 17.8 Å². The smallest absolute Gasteiger partial charge is 0.177 e. The fraction of sp³-hybridized carbons (Fsp3) is 0.118. The number of hydrogen-bond acceptors (Lipinski definition) is 5. The highest BCUT2D eigenvalue weighted by molar-refractivity contribution is 5.64. The number of hydrogen-bond donors (Lipinski definition) is 0. The van der Waals surface area contributed by atoms with E-state index >= 15 is 0 Å². The van der Waals surface area contributed by atoms with E-state index < -0.39 is 0 Å². The van der Waals surface area contributed by atoms with Gasteiger partial charge in [-0.05, 0) is 38.1 Å². The van der Waals surface area contributed by atoms with Gasteiger partial charge in [0, 0.05) is 6.20 Å². The summed E-state index contributed by atoms with van der Waals surface area (Å²) in [5.74, 6) is 1.20. The van der Waals surface area contributed by atoms with Gasteiger partial charge in [-0.3, -0.25) is 4.98 Å². The highest BCUT2D eigenvalue weighted by atomic mass is 15.3. The van der Waals surface area contributed by atoms with Crippen LogP contribution < -0.4 is 0 Å². The second-order valence-electron chi connectivity index (χ2n) is 5.41. The molecule has 0 bridgehead atoms. The molecule has 24 heavy (non-hydrogen) atoms. The molecule has 0 unspecified atom stereocenters. The van der Waals surface area contributed by atoms with Crippen LogP contribution >= 0.6 is 0 Å². The summed E-state index contributed by atoms with van der Waals surface area (Å²) in [5, 5.41) is 8.90. The average molecular weight is 317 g/mol. The molecule has 0 N–H and O–H groups in total. The molecule has 0 aliphatic heterocycles. The molecule has 0 aliphatic rings. The number of benzene rings is 1. The molecule has 7 nitrogen and oxygen atoms in total. The molecule has 3 heterocycles. The van der Waals surface area contributed by atoms with Gasteiger partial charge in [-0.15, -0.1) is 10.2 Å². The molecule has 4 rings (SSSR count). The van der Waals surface area contributed by atoms with Gasteiger partial charge in [-0.2, -0.15) is 0 Å². The van der Waals surface area contributed by atoms with Crippen molar-refractivity contribution in [3.8, 4) is 5.69 Å². The van der Waals surface area contributed by atoms with E-state index in [0.717, 1.165) is 22.7 Å². The van der Waals surface area contributed by atoms with Crippen molar-refractivity contribution in [2.45, 2.75) is 13.8 Å². The van der Waals surface area contributed by atoms with E-state index in [1.165, 1.54) is 0 Å². The van der Waals surface area contributed by atoms with Crippen molar-refractivity contribution in [1.82, 2.24) is 34.3 Å². The lowest BCUT2D eigenvalue weighted by Crippen LogP contribution is -1.97. The number of nitrogens with zero attached hydrogens (tertiary/aromatic N) is 7. The van der Waals surface area contributed by atoms with Gasteiger partial charge in [-0.1, -0.05) is 18.2 Å². The lowest BCUT2D eigenvalue weighted by molar-refractivity contribution is 0.874. The van der Waals surface area contributed by atoms with Gasteiger partial charge in [0.15, 0.2) is 17.3 Å². The summed E-state index contributed by atoms with van der Waals surface area (Å²) in [4.78, 5) is 13.1. The van der Waals surface area contributed by atoms with E-state index in [0.29, 0.717) is 11.6 Å². The summed E-state index contributed by atoms with van der Waals surface area (Å²) >= 11 is 0. The molecule has 7 heteroatoms. The Morgan fingerprint density at radius 2 is 1.71 bits per heavy atom. The normalized spacial score (nSPS) is 11.6. The first-order chi connectivity index (χ1) is 11.7. The van der Waals surface area contributed by atoms with Crippen LogP contribution in [-0.2, 0) is 0 Å². The average Bonchev–Trinajstić information content (AvgIpc) is 3.25. The Morgan fingerprint density at radius 1 is 0.917 bits per heavy atom. The molecular formula is C17H15N7. The number of aromatic nitrogens is 7. The minimum Gasteiger partial charge on any atom is -0.256 e. The maximum atomic E-state index is 4.49. The number of fused-ring (bicyclic) bond motifs is 1. The Bertz CT molecular complexity index is 989. The van der Waals surface area contributed by atoms with Gasteiger partial charge >= 0.3 is 0 Å². The molecule has 0 spiro atoms. The summed E-state index contributed by atoms with van der Waals surface area (Å²) in [6.07, 6.45) is 7.07. The Balaban J connectivity index is 1.63. The van der Waals surface area contributed by atoms with Crippen LogP contribution in [0.15, 0.2) is 42.9 Å². The van der Waals surface area contributed by atoms with Gasteiger partial charge < -0.3 is 0 Å². The number of para-hydroxylation sites is 1. The first-order valence-electron chi connectivity index (χ1n) is 7.55. The standard InChI is InChI=1S/C17H15N7/c1-12-10-18-13(2)17-20-16(22-24(12)17)9-8-15-19-11-23(21-15)14-6-4-3-5-7-14/h3-11H,1-2H3/b9-8+. The van der Waals surface area contributed by atoms with E-state index in [2.05, 4.69) is 25.1 Å². The SMILES string of the molecule is Cc1ncc(C)n2nc(/C=C/c3ncn(-c4ccccc4)n3)nc12. The van der Waals surface area contributed by atoms with E-state index in [-0.39, 0.29) is 0 Å². The minimum absolute atomic E-state index is 0.601. The number of aryl methyl sites for hydroxylation is 2. The minimum atomic E-state index is 0.601. The zero-order chi connectivity index (χ0) is 16.5.